The first-order valence-corrected chi connectivity index (χ1v) is 9.44. The fourth-order valence-corrected chi connectivity index (χ4v) is 3.78. The van der Waals surface area contributed by atoms with Crippen molar-refractivity contribution in [3.8, 4) is 0 Å². The molecule has 0 heterocycles. The van der Waals surface area contributed by atoms with Crippen molar-refractivity contribution >= 4 is 11.9 Å². The Bertz CT molecular complexity index is 408. The fraction of sp³-hybridized carbons (Fsp3) is 0.895. The lowest BCUT2D eigenvalue weighted by molar-refractivity contribution is -0.159. The lowest BCUT2D eigenvalue weighted by Gasteiger charge is -2.25. The molecular weight excluding hydrogens is 324 g/mol. The van der Waals surface area contributed by atoms with Crippen LogP contribution in [0.2, 0.25) is 0 Å². The maximum absolute atomic E-state index is 11.7. The average molecular weight is 358 g/mol. The predicted molar refractivity (Wildman–Crippen MR) is 94.0 cm³/mol. The van der Waals surface area contributed by atoms with E-state index in [1.165, 1.54) is 0 Å². The van der Waals surface area contributed by atoms with Crippen LogP contribution in [0.1, 0.15) is 65.2 Å². The van der Waals surface area contributed by atoms with Gasteiger partial charge in [-0.05, 0) is 39.5 Å². The van der Waals surface area contributed by atoms with Crippen LogP contribution in [0, 0.1) is 10.8 Å². The van der Waals surface area contributed by atoms with Gasteiger partial charge in [-0.2, -0.15) is 0 Å². The lowest BCUT2D eigenvalue weighted by Crippen LogP contribution is -2.34. The third kappa shape index (κ3) is 5.68. The third-order valence-electron chi connectivity index (χ3n) is 5.26. The minimum Gasteiger partial charge on any atom is -0.465 e. The average Bonchev–Trinajstić information content (AvgIpc) is 3.27. The highest BCUT2D eigenvalue weighted by atomic mass is 16.5. The van der Waals surface area contributed by atoms with Gasteiger partial charge in [0.1, 0.15) is 0 Å². The molecule has 2 aliphatic rings. The number of aliphatic hydroxyl groups excluding tert-OH is 1. The van der Waals surface area contributed by atoms with Crippen LogP contribution in [0.4, 0.5) is 0 Å². The Morgan fingerprint density at radius 1 is 0.840 bits per heavy atom. The van der Waals surface area contributed by atoms with E-state index in [0.717, 1.165) is 51.4 Å². The number of carbonyl (C=O) groups excluding carboxylic acids is 2. The van der Waals surface area contributed by atoms with E-state index in [1.54, 1.807) is 14.0 Å². The van der Waals surface area contributed by atoms with Crippen molar-refractivity contribution < 1.29 is 28.9 Å². The zero-order valence-electron chi connectivity index (χ0n) is 16.0. The molecular formula is C19H34O6. The molecule has 0 atom stereocenters. The second-order valence-corrected chi connectivity index (χ2v) is 7.01. The summed E-state index contributed by atoms with van der Waals surface area (Å²) in [5.74, 6) is -0.292. The molecule has 6 heteroatoms. The van der Waals surface area contributed by atoms with Crippen molar-refractivity contribution in [1.82, 2.24) is 0 Å². The molecule has 0 bridgehead atoms. The Morgan fingerprint density at radius 3 is 1.60 bits per heavy atom. The van der Waals surface area contributed by atoms with Gasteiger partial charge < -0.3 is 19.3 Å². The summed E-state index contributed by atoms with van der Waals surface area (Å²) < 4.78 is 15.1. The lowest BCUT2D eigenvalue weighted by atomic mass is 9.87. The van der Waals surface area contributed by atoms with E-state index in [1.807, 2.05) is 6.92 Å². The second-order valence-electron chi connectivity index (χ2n) is 7.01. The normalized spacial score (nSPS) is 20.5. The molecule has 0 saturated heterocycles. The summed E-state index contributed by atoms with van der Waals surface area (Å²) in [4.78, 5) is 23.1. The van der Waals surface area contributed by atoms with Gasteiger partial charge in [0.15, 0.2) is 0 Å². The van der Waals surface area contributed by atoms with Gasteiger partial charge in [0.25, 0.3) is 0 Å². The molecule has 0 spiro atoms. The van der Waals surface area contributed by atoms with Gasteiger partial charge in [0.2, 0.25) is 0 Å². The molecule has 2 saturated carbocycles. The molecule has 2 fully saturated rings. The molecule has 2 rings (SSSR count). The maximum atomic E-state index is 11.7. The SMILES string of the molecule is CCOC(=O)C1(CO)CCCC1.CCOC(=O)C1(COC)CCCC1. The summed E-state index contributed by atoms with van der Waals surface area (Å²) >= 11 is 0. The highest BCUT2D eigenvalue weighted by Crippen LogP contribution is 2.39. The van der Waals surface area contributed by atoms with Crippen molar-refractivity contribution in [2.24, 2.45) is 10.8 Å². The van der Waals surface area contributed by atoms with Gasteiger partial charge in [0.05, 0.1) is 37.3 Å². The molecule has 0 amide bonds. The van der Waals surface area contributed by atoms with E-state index >= 15 is 0 Å². The molecule has 146 valence electrons. The molecule has 6 nitrogen and oxygen atoms in total. The molecule has 0 aromatic carbocycles. The van der Waals surface area contributed by atoms with Crippen LogP contribution in [0.25, 0.3) is 0 Å². The van der Waals surface area contributed by atoms with E-state index in [2.05, 4.69) is 0 Å². The molecule has 1 N–H and O–H groups in total. The van der Waals surface area contributed by atoms with Crippen molar-refractivity contribution in [3.63, 3.8) is 0 Å². The van der Waals surface area contributed by atoms with Gasteiger partial charge in [-0.1, -0.05) is 25.7 Å². The molecule has 0 unspecified atom stereocenters. The molecule has 0 aromatic heterocycles. The monoisotopic (exact) mass is 358 g/mol. The number of esters is 2. The minimum atomic E-state index is -0.560. The molecule has 2 aliphatic carbocycles. The van der Waals surface area contributed by atoms with Crippen LogP contribution in [-0.2, 0) is 23.8 Å². The van der Waals surface area contributed by atoms with Crippen molar-refractivity contribution in [1.29, 1.82) is 0 Å². The van der Waals surface area contributed by atoms with Gasteiger partial charge in [-0.25, -0.2) is 0 Å². The summed E-state index contributed by atoms with van der Waals surface area (Å²) in [6.07, 6.45) is 7.67. The smallest absolute Gasteiger partial charge is 0.314 e. The van der Waals surface area contributed by atoms with Gasteiger partial charge in [-0.15, -0.1) is 0 Å². The number of hydrogen-bond donors (Lipinski definition) is 1. The van der Waals surface area contributed by atoms with Crippen LogP contribution >= 0.6 is 0 Å². The number of hydrogen-bond acceptors (Lipinski definition) is 6. The van der Waals surface area contributed by atoms with Crippen molar-refractivity contribution in [2.45, 2.75) is 65.2 Å². The van der Waals surface area contributed by atoms with Crippen LogP contribution in [0.3, 0.4) is 0 Å². The Balaban J connectivity index is 0.000000251. The van der Waals surface area contributed by atoms with E-state index in [9.17, 15) is 9.59 Å². The summed E-state index contributed by atoms with van der Waals surface area (Å²) in [5, 5.41) is 9.11. The zero-order chi connectivity index (χ0) is 18.8. The number of carbonyl (C=O) groups is 2. The quantitative estimate of drug-likeness (QED) is 0.705. The molecule has 25 heavy (non-hydrogen) atoms. The standard InChI is InChI=1S/C10H18O3.C9H16O3/c1-3-13-9(11)10(8-12-2)6-4-5-7-10;1-2-12-8(11)9(7-10)5-3-4-6-9/h3-8H2,1-2H3;10H,2-7H2,1H3. The number of methoxy groups -OCH3 is 1. The van der Waals surface area contributed by atoms with Crippen LogP contribution in [0.15, 0.2) is 0 Å². The summed E-state index contributed by atoms with van der Waals surface area (Å²) in [6, 6.07) is 0. The summed E-state index contributed by atoms with van der Waals surface area (Å²) in [5.41, 5.74) is -0.888. The Morgan fingerprint density at radius 2 is 1.24 bits per heavy atom. The van der Waals surface area contributed by atoms with Crippen molar-refractivity contribution in [3.05, 3.63) is 0 Å². The predicted octanol–water partition coefficient (Wildman–Crippen LogP) is 2.86. The van der Waals surface area contributed by atoms with E-state index in [0.29, 0.717) is 19.8 Å². The van der Waals surface area contributed by atoms with Crippen LogP contribution in [0.5, 0.6) is 0 Å². The van der Waals surface area contributed by atoms with Crippen LogP contribution in [-0.4, -0.2) is 50.6 Å². The van der Waals surface area contributed by atoms with Gasteiger partial charge in [0, 0.05) is 7.11 Å². The largest absolute Gasteiger partial charge is 0.465 e. The van der Waals surface area contributed by atoms with Gasteiger partial charge in [-0.3, -0.25) is 9.59 Å². The zero-order valence-corrected chi connectivity index (χ0v) is 16.0. The minimum absolute atomic E-state index is 0.0637. The fourth-order valence-electron chi connectivity index (χ4n) is 3.78. The second kappa shape index (κ2) is 10.8. The van der Waals surface area contributed by atoms with Crippen LogP contribution < -0.4 is 0 Å². The number of aliphatic hydroxyl groups is 1. The van der Waals surface area contributed by atoms with E-state index < -0.39 is 5.41 Å². The summed E-state index contributed by atoms with van der Waals surface area (Å²) in [7, 11) is 1.64. The number of ether oxygens (including phenoxy) is 3. The van der Waals surface area contributed by atoms with Crippen molar-refractivity contribution in [2.75, 3.05) is 33.5 Å². The Labute approximate surface area is 151 Å². The first-order chi connectivity index (χ1) is 12.0. The topological polar surface area (TPSA) is 82.1 Å². The highest BCUT2D eigenvalue weighted by Gasteiger charge is 2.43. The van der Waals surface area contributed by atoms with E-state index in [4.69, 9.17) is 19.3 Å². The summed E-state index contributed by atoms with van der Waals surface area (Å²) in [6.45, 7) is 4.94. The highest BCUT2D eigenvalue weighted by molar-refractivity contribution is 5.77. The van der Waals surface area contributed by atoms with E-state index in [-0.39, 0.29) is 24.0 Å². The molecule has 0 aromatic rings. The number of rotatable bonds is 7. The first kappa shape index (κ1) is 21.9. The Kier molecular flexibility index (Phi) is 9.43. The Hall–Kier alpha value is -1.14. The third-order valence-corrected chi connectivity index (χ3v) is 5.26. The first-order valence-electron chi connectivity index (χ1n) is 9.44. The molecule has 0 aliphatic heterocycles. The van der Waals surface area contributed by atoms with Gasteiger partial charge >= 0.3 is 11.9 Å². The maximum Gasteiger partial charge on any atom is 0.314 e. The molecule has 0 radical (unpaired) electrons.